The Kier molecular flexibility index (Phi) is 9.84. The van der Waals surface area contributed by atoms with Crippen LogP contribution in [-0.2, 0) is 33.5 Å². The zero-order valence-corrected chi connectivity index (χ0v) is 37.1. The van der Waals surface area contributed by atoms with Crippen LogP contribution in [0.3, 0.4) is 0 Å². The first-order chi connectivity index (χ1) is 29.8. The van der Waals surface area contributed by atoms with Gasteiger partial charge in [0, 0.05) is 85.1 Å². The predicted octanol–water partition coefficient (Wildman–Crippen LogP) is 13.6. The van der Waals surface area contributed by atoms with E-state index >= 15 is 0 Å². The number of ether oxygens (including phenoxy) is 1. The number of rotatable bonds is 7. The number of nitrogens with zero attached hydrogens (tertiary/aromatic N) is 5. The second-order valence-corrected chi connectivity index (χ2v) is 16.7. The van der Waals surface area contributed by atoms with Crippen LogP contribution in [0.15, 0.2) is 176 Å². The van der Waals surface area contributed by atoms with Crippen molar-refractivity contribution in [3.63, 3.8) is 0 Å². The third-order valence-corrected chi connectivity index (χ3v) is 11.8. The Morgan fingerprint density at radius 2 is 1.29 bits per heavy atom. The number of pyridine rings is 1. The van der Waals surface area contributed by atoms with Crippen molar-refractivity contribution in [2.24, 2.45) is 7.05 Å². The van der Waals surface area contributed by atoms with E-state index in [0.717, 1.165) is 72.3 Å². The monoisotopic (exact) mass is 983 g/mol. The summed E-state index contributed by atoms with van der Waals surface area (Å²) in [5, 5.41) is 4.50. The van der Waals surface area contributed by atoms with E-state index in [0.29, 0.717) is 11.5 Å². The molecule has 0 fully saturated rings. The van der Waals surface area contributed by atoms with Crippen LogP contribution in [0.2, 0.25) is 0 Å². The van der Waals surface area contributed by atoms with E-state index in [1.165, 1.54) is 16.5 Å². The molecule has 62 heavy (non-hydrogen) atoms. The Hall–Kier alpha value is -6.88. The quantitative estimate of drug-likeness (QED) is 0.149. The minimum atomic E-state index is -0.167. The molecule has 0 bridgehead atoms. The number of anilines is 2. The molecular formula is C55H42N5OPt-3. The van der Waals surface area contributed by atoms with Gasteiger partial charge in [-0.05, 0) is 58.0 Å². The molecule has 0 radical (unpaired) electrons. The van der Waals surface area contributed by atoms with Crippen molar-refractivity contribution in [1.82, 2.24) is 14.1 Å². The molecule has 0 amide bonds. The third kappa shape index (κ3) is 6.85. The largest absolute Gasteiger partial charge is 0.509 e. The zero-order valence-electron chi connectivity index (χ0n) is 34.8. The number of fused-ring (bicyclic) bond motifs is 6. The van der Waals surface area contributed by atoms with E-state index in [4.69, 9.17) is 9.72 Å². The van der Waals surface area contributed by atoms with Crippen LogP contribution in [-0.4, -0.2) is 14.1 Å². The van der Waals surface area contributed by atoms with Crippen molar-refractivity contribution in [2.75, 3.05) is 9.80 Å². The molecule has 0 atom stereocenters. The van der Waals surface area contributed by atoms with Crippen molar-refractivity contribution in [3.8, 4) is 28.4 Å². The van der Waals surface area contributed by atoms with Gasteiger partial charge < -0.3 is 23.7 Å². The molecule has 306 valence electrons. The molecule has 4 heterocycles. The number of para-hydroxylation sites is 2. The standard InChI is InChI=1S/C55H42N5O.Pt/c1-55(2,3)40-29-42(59-36-58(41-20-12-7-13-21-41)35-53(59)38-18-10-6-11-19-38)31-44(30-40)61-43-25-26-46-47-28-39(37-16-8-5-9-17-37)24-27-50(47)60(52(46)32-43)54-33-51-48(34-56-54)45-22-14-15-23-49(45)57(51)4;/h5-30,33-36H,1-4H3;/q-3;. The van der Waals surface area contributed by atoms with Crippen LogP contribution in [0.5, 0.6) is 11.5 Å². The average Bonchev–Trinajstić information content (AvgIpc) is 3.97. The Morgan fingerprint density at radius 3 is 2.05 bits per heavy atom. The molecule has 0 N–H and O–H groups in total. The summed E-state index contributed by atoms with van der Waals surface area (Å²) >= 11 is 0. The predicted molar refractivity (Wildman–Crippen MR) is 251 cm³/mol. The molecule has 7 heteroatoms. The second kappa shape index (κ2) is 15.5. The summed E-state index contributed by atoms with van der Waals surface area (Å²) in [5.74, 6) is 2.02. The summed E-state index contributed by atoms with van der Waals surface area (Å²) in [6, 6.07) is 64.7. The second-order valence-electron chi connectivity index (χ2n) is 16.7. The van der Waals surface area contributed by atoms with Gasteiger partial charge in [-0.25, -0.2) is 4.98 Å². The Morgan fingerprint density at radius 1 is 0.581 bits per heavy atom. The Balaban J connectivity index is 0.00000458. The molecule has 3 aromatic heterocycles. The van der Waals surface area contributed by atoms with E-state index in [9.17, 15) is 0 Å². The van der Waals surface area contributed by atoms with Crippen LogP contribution in [0, 0.1) is 18.8 Å². The summed E-state index contributed by atoms with van der Waals surface area (Å²) in [7, 11) is 2.12. The van der Waals surface area contributed by atoms with Crippen LogP contribution >= 0.6 is 0 Å². The van der Waals surface area contributed by atoms with Crippen LogP contribution < -0.4 is 14.5 Å². The van der Waals surface area contributed by atoms with Gasteiger partial charge in [0.05, 0.1) is 5.52 Å². The van der Waals surface area contributed by atoms with Gasteiger partial charge in [0.25, 0.3) is 0 Å². The molecule has 6 nitrogen and oxygen atoms in total. The van der Waals surface area contributed by atoms with Gasteiger partial charge in [-0.1, -0.05) is 135 Å². The molecular weight excluding hydrogens is 942 g/mol. The fraction of sp³-hybridized carbons (Fsp3) is 0.0909. The normalized spacial score (nSPS) is 13.0. The molecule has 10 aromatic rings. The van der Waals surface area contributed by atoms with Gasteiger partial charge in [0.1, 0.15) is 5.82 Å². The van der Waals surface area contributed by atoms with Gasteiger partial charge in [-0.15, -0.1) is 53.6 Å². The van der Waals surface area contributed by atoms with E-state index in [1.54, 1.807) is 0 Å². The minimum absolute atomic E-state index is 0. The average molecular weight is 984 g/mol. The maximum atomic E-state index is 6.86. The molecule has 0 saturated heterocycles. The SMILES string of the molecule is Cn1c2ccccc2c2cnc(-n3c4[c-]c(Oc5[c-]c(N6[CH-]N(c7ccccc7)C=C6c6ccccc6)cc(C(C)(C)C)c5)ccc4c4cc(-c5ccccc5)ccc43)cc21.[Pt]. The Bertz CT molecular complexity index is 3310. The van der Waals surface area contributed by atoms with Crippen LogP contribution in [0.4, 0.5) is 11.4 Å². The first-order valence-corrected chi connectivity index (χ1v) is 20.7. The third-order valence-electron chi connectivity index (χ3n) is 11.8. The maximum absolute atomic E-state index is 6.86. The summed E-state index contributed by atoms with van der Waals surface area (Å²) in [6.45, 7) is 8.81. The van der Waals surface area contributed by atoms with Crippen molar-refractivity contribution < 1.29 is 25.8 Å². The molecule has 0 aliphatic carbocycles. The van der Waals surface area contributed by atoms with E-state index < -0.39 is 0 Å². The number of benzene rings is 7. The molecule has 11 rings (SSSR count). The van der Waals surface area contributed by atoms with Gasteiger partial charge >= 0.3 is 0 Å². The molecule has 7 aromatic carbocycles. The number of aryl methyl sites for hydroxylation is 1. The van der Waals surface area contributed by atoms with Crippen molar-refractivity contribution in [3.05, 3.63) is 206 Å². The van der Waals surface area contributed by atoms with Crippen molar-refractivity contribution in [2.45, 2.75) is 26.2 Å². The minimum Gasteiger partial charge on any atom is -0.509 e. The van der Waals surface area contributed by atoms with Crippen molar-refractivity contribution in [1.29, 1.82) is 0 Å². The first kappa shape index (κ1) is 39.3. The molecule has 0 saturated carbocycles. The van der Waals surface area contributed by atoms with Crippen molar-refractivity contribution >= 4 is 60.7 Å². The maximum Gasteiger partial charge on any atom is 0.137 e. The molecule has 0 spiro atoms. The van der Waals surface area contributed by atoms with Gasteiger partial charge in [-0.3, -0.25) is 0 Å². The summed E-state index contributed by atoms with van der Waals surface area (Å²) in [4.78, 5) is 9.49. The van der Waals surface area contributed by atoms with Gasteiger partial charge in [0.15, 0.2) is 0 Å². The molecule has 1 aliphatic heterocycles. The summed E-state index contributed by atoms with van der Waals surface area (Å²) in [5.41, 5.74) is 11.6. The topological polar surface area (TPSA) is 38.5 Å². The van der Waals surface area contributed by atoms with E-state index in [-0.39, 0.29) is 26.5 Å². The van der Waals surface area contributed by atoms with E-state index in [1.807, 2.05) is 24.4 Å². The zero-order chi connectivity index (χ0) is 41.2. The first-order valence-electron chi connectivity index (χ1n) is 20.7. The smallest absolute Gasteiger partial charge is 0.137 e. The molecule has 1 aliphatic rings. The van der Waals surface area contributed by atoms with Crippen LogP contribution in [0.1, 0.15) is 31.9 Å². The fourth-order valence-electron chi connectivity index (χ4n) is 8.63. The summed E-state index contributed by atoms with van der Waals surface area (Å²) in [6.07, 6.45) is 4.18. The van der Waals surface area contributed by atoms with E-state index in [2.05, 4.69) is 217 Å². The van der Waals surface area contributed by atoms with Gasteiger partial charge in [0.2, 0.25) is 0 Å². The van der Waals surface area contributed by atoms with Crippen LogP contribution in [0.25, 0.3) is 66.3 Å². The number of hydrogen-bond acceptors (Lipinski definition) is 4. The number of aromatic nitrogens is 3. The van der Waals surface area contributed by atoms with Gasteiger partial charge in [-0.2, -0.15) is 6.07 Å². The summed E-state index contributed by atoms with van der Waals surface area (Å²) < 4.78 is 11.3. The number of hydrogen-bond donors (Lipinski definition) is 0. The Labute approximate surface area is 376 Å². The molecule has 0 unspecified atom stereocenters. The fourth-order valence-corrected chi connectivity index (χ4v) is 8.63.